The normalized spacial score (nSPS) is 13.3. The first-order chi connectivity index (χ1) is 6.24. The van der Waals surface area contributed by atoms with Crippen LogP contribution in [0.25, 0.3) is 0 Å². The SMILES string of the molecule is CC(C(=O)NCCS(N)(=O)=O)C(N)=S. The third kappa shape index (κ3) is 5.84. The zero-order chi connectivity index (χ0) is 11.4. The fourth-order valence-electron chi connectivity index (χ4n) is 0.599. The number of hydrogen-bond acceptors (Lipinski definition) is 4. The zero-order valence-corrected chi connectivity index (χ0v) is 9.32. The number of hydrogen-bond donors (Lipinski definition) is 3. The number of carbonyl (C=O) groups is 1. The summed E-state index contributed by atoms with van der Waals surface area (Å²) in [4.78, 5) is 11.2. The number of amides is 1. The number of sulfonamides is 1. The lowest BCUT2D eigenvalue weighted by Gasteiger charge is -2.09. The van der Waals surface area contributed by atoms with E-state index in [9.17, 15) is 13.2 Å². The zero-order valence-electron chi connectivity index (χ0n) is 7.69. The van der Waals surface area contributed by atoms with Gasteiger partial charge in [-0.15, -0.1) is 0 Å². The van der Waals surface area contributed by atoms with Crippen LogP contribution < -0.4 is 16.2 Å². The van der Waals surface area contributed by atoms with Gasteiger partial charge in [0, 0.05) is 6.54 Å². The summed E-state index contributed by atoms with van der Waals surface area (Å²) in [5, 5.41) is 7.08. The van der Waals surface area contributed by atoms with Crippen LogP contribution in [0.5, 0.6) is 0 Å². The minimum Gasteiger partial charge on any atom is -0.393 e. The lowest BCUT2D eigenvalue weighted by molar-refractivity contribution is -0.122. The summed E-state index contributed by atoms with van der Waals surface area (Å²) in [6.07, 6.45) is 0. The van der Waals surface area contributed by atoms with Crippen molar-refractivity contribution in [2.45, 2.75) is 6.92 Å². The molecule has 0 aliphatic rings. The van der Waals surface area contributed by atoms with Crippen LogP contribution in [0.2, 0.25) is 0 Å². The van der Waals surface area contributed by atoms with Gasteiger partial charge in [-0.3, -0.25) is 4.79 Å². The van der Waals surface area contributed by atoms with E-state index >= 15 is 0 Å². The third-order valence-electron chi connectivity index (χ3n) is 1.51. The fraction of sp³-hybridized carbons (Fsp3) is 0.667. The van der Waals surface area contributed by atoms with Gasteiger partial charge in [-0.05, 0) is 6.92 Å². The molecule has 0 aromatic heterocycles. The van der Waals surface area contributed by atoms with Gasteiger partial charge in [-0.2, -0.15) is 0 Å². The molecular weight excluding hydrogens is 226 g/mol. The Hall–Kier alpha value is -0.730. The molecule has 0 aliphatic carbocycles. The van der Waals surface area contributed by atoms with Gasteiger partial charge in [-0.1, -0.05) is 12.2 Å². The Labute approximate surface area is 88.1 Å². The number of primary sulfonamides is 1. The molecule has 0 aliphatic heterocycles. The van der Waals surface area contributed by atoms with Crippen molar-refractivity contribution >= 4 is 33.1 Å². The van der Waals surface area contributed by atoms with E-state index in [4.69, 9.17) is 10.9 Å². The molecule has 0 fully saturated rings. The monoisotopic (exact) mass is 239 g/mol. The Balaban J connectivity index is 3.93. The molecule has 6 nitrogen and oxygen atoms in total. The molecule has 0 bridgehead atoms. The fourth-order valence-corrected chi connectivity index (χ4v) is 1.09. The maximum Gasteiger partial charge on any atom is 0.229 e. The topological polar surface area (TPSA) is 115 Å². The van der Waals surface area contributed by atoms with Crippen molar-refractivity contribution in [1.82, 2.24) is 5.32 Å². The lowest BCUT2D eigenvalue weighted by atomic mass is 10.2. The first-order valence-corrected chi connectivity index (χ1v) is 5.94. The van der Waals surface area contributed by atoms with Gasteiger partial charge >= 0.3 is 0 Å². The second-order valence-corrected chi connectivity index (χ2v) is 4.99. The van der Waals surface area contributed by atoms with E-state index in [1.165, 1.54) is 6.92 Å². The number of rotatable bonds is 5. The first-order valence-electron chi connectivity index (χ1n) is 3.81. The summed E-state index contributed by atoms with van der Waals surface area (Å²) in [7, 11) is -3.54. The molecular formula is C6H13N3O3S2. The summed E-state index contributed by atoms with van der Waals surface area (Å²) in [5.41, 5.74) is 5.22. The molecule has 14 heavy (non-hydrogen) atoms. The molecule has 0 aromatic rings. The Morgan fingerprint density at radius 2 is 2.07 bits per heavy atom. The molecule has 82 valence electrons. The highest BCUT2D eigenvalue weighted by Gasteiger charge is 2.15. The number of carbonyl (C=O) groups excluding carboxylic acids is 1. The van der Waals surface area contributed by atoms with Crippen molar-refractivity contribution in [2.75, 3.05) is 12.3 Å². The Kier molecular flexibility index (Phi) is 4.95. The minimum atomic E-state index is -3.54. The average molecular weight is 239 g/mol. The summed E-state index contributed by atoms with van der Waals surface area (Å²) in [5.74, 6) is -1.31. The van der Waals surface area contributed by atoms with Gasteiger partial charge in [0.25, 0.3) is 0 Å². The summed E-state index contributed by atoms with van der Waals surface area (Å²) >= 11 is 4.59. The van der Waals surface area contributed by atoms with Crippen molar-refractivity contribution in [1.29, 1.82) is 0 Å². The molecule has 0 rings (SSSR count). The highest BCUT2D eigenvalue weighted by Crippen LogP contribution is 1.94. The van der Waals surface area contributed by atoms with E-state index in [0.29, 0.717) is 0 Å². The van der Waals surface area contributed by atoms with Crippen LogP contribution >= 0.6 is 12.2 Å². The summed E-state index contributed by atoms with van der Waals surface area (Å²) < 4.78 is 21.0. The van der Waals surface area contributed by atoms with E-state index in [-0.39, 0.29) is 17.3 Å². The first kappa shape index (κ1) is 13.3. The van der Waals surface area contributed by atoms with Gasteiger partial charge in [0.2, 0.25) is 15.9 Å². The van der Waals surface area contributed by atoms with Gasteiger partial charge < -0.3 is 11.1 Å². The summed E-state index contributed by atoms with van der Waals surface area (Å²) in [6.45, 7) is 1.50. The molecule has 8 heteroatoms. The van der Waals surface area contributed by atoms with E-state index in [0.717, 1.165) is 0 Å². The predicted molar refractivity (Wildman–Crippen MR) is 56.9 cm³/mol. The van der Waals surface area contributed by atoms with Crippen molar-refractivity contribution in [3.63, 3.8) is 0 Å². The smallest absolute Gasteiger partial charge is 0.229 e. The molecule has 0 saturated heterocycles. The molecule has 1 unspecified atom stereocenters. The maximum atomic E-state index is 11.2. The molecule has 0 saturated carbocycles. The van der Waals surface area contributed by atoms with Crippen LogP contribution in [-0.4, -0.2) is 31.6 Å². The van der Waals surface area contributed by atoms with Gasteiger partial charge in [0.15, 0.2) is 0 Å². The highest BCUT2D eigenvalue weighted by molar-refractivity contribution is 7.89. The lowest BCUT2D eigenvalue weighted by Crippen LogP contribution is -2.38. The third-order valence-corrected chi connectivity index (χ3v) is 2.63. The van der Waals surface area contributed by atoms with Crippen LogP contribution in [-0.2, 0) is 14.8 Å². The Morgan fingerprint density at radius 3 is 2.43 bits per heavy atom. The summed E-state index contributed by atoms with van der Waals surface area (Å²) in [6, 6.07) is 0. The molecule has 0 spiro atoms. The van der Waals surface area contributed by atoms with Crippen LogP contribution in [0.15, 0.2) is 0 Å². The number of nitrogens with one attached hydrogen (secondary N) is 1. The van der Waals surface area contributed by atoms with Gasteiger partial charge in [-0.25, -0.2) is 13.6 Å². The van der Waals surface area contributed by atoms with E-state index < -0.39 is 21.8 Å². The standard InChI is InChI=1S/C6H13N3O3S2/c1-4(5(7)13)6(10)9-2-3-14(8,11)12/h4H,2-3H2,1H3,(H2,7,13)(H,9,10)(H2,8,11,12). The van der Waals surface area contributed by atoms with Crippen molar-refractivity contribution in [2.24, 2.45) is 16.8 Å². The van der Waals surface area contributed by atoms with Crippen molar-refractivity contribution in [3.8, 4) is 0 Å². The van der Waals surface area contributed by atoms with E-state index in [1.54, 1.807) is 0 Å². The Morgan fingerprint density at radius 1 is 1.57 bits per heavy atom. The van der Waals surface area contributed by atoms with Crippen LogP contribution in [0.4, 0.5) is 0 Å². The van der Waals surface area contributed by atoms with Crippen molar-refractivity contribution < 1.29 is 13.2 Å². The molecule has 0 radical (unpaired) electrons. The quantitative estimate of drug-likeness (QED) is 0.495. The number of thiocarbonyl (C=S) groups is 1. The highest BCUT2D eigenvalue weighted by atomic mass is 32.2. The molecule has 1 amide bonds. The number of nitrogens with two attached hydrogens (primary N) is 2. The minimum absolute atomic E-state index is 0.0371. The predicted octanol–water partition coefficient (Wildman–Crippen LogP) is -1.69. The van der Waals surface area contributed by atoms with Crippen LogP contribution in [0.1, 0.15) is 6.92 Å². The van der Waals surface area contributed by atoms with Crippen LogP contribution in [0, 0.1) is 5.92 Å². The molecule has 0 heterocycles. The maximum absolute atomic E-state index is 11.2. The molecule has 0 aromatic carbocycles. The average Bonchev–Trinajstić information content (AvgIpc) is 2.00. The van der Waals surface area contributed by atoms with Gasteiger partial charge in [0.05, 0.1) is 16.7 Å². The largest absolute Gasteiger partial charge is 0.393 e. The Bertz CT molecular complexity index is 325. The van der Waals surface area contributed by atoms with Crippen LogP contribution in [0.3, 0.4) is 0 Å². The van der Waals surface area contributed by atoms with E-state index in [2.05, 4.69) is 17.5 Å². The second kappa shape index (κ2) is 5.23. The van der Waals surface area contributed by atoms with E-state index in [1.807, 2.05) is 0 Å². The second-order valence-electron chi connectivity index (χ2n) is 2.78. The van der Waals surface area contributed by atoms with Crippen molar-refractivity contribution in [3.05, 3.63) is 0 Å². The van der Waals surface area contributed by atoms with Gasteiger partial charge in [0.1, 0.15) is 0 Å². The molecule has 1 atom stereocenters. The molecule has 5 N–H and O–H groups in total.